The Hall–Kier alpha value is -0.930. The number of aromatic nitrogens is 1. The summed E-state index contributed by atoms with van der Waals surface area (Å²) in [4.78, 5) is 4.07. The van der Waals surface area contributed by atoms with Crippen LogP contribution < -0.4 is 5.73 Å². The Labute approximate surface area is 97.0 Å². The zero-order valence-electron chi connectivity index (χ0n) is 9.69. The van der Waals surface area contributed by atoms with Crippen molar-refractivity contribution in [2.45, 2.75) is 37.6 Å². The Morgan fingerprint density at radius 2 is 2.19 bits per heavy atom. The summed E-state index contributed by atoms with van der Waals surface area (Å²) in [6, 6.07) is 4.03. The van der Waals surface area contributed by atoms with Crippen LogP contribution in [0, 0.1) is 0 Å². The molecule has 0 aliphatic heterocycles. The fourth-order valence-corrected chi connectivity index (χ4v) is 2.23. The monoisotopic (exact) mass is 220 g/mol. The molecule has 2 rings (SSSR count). The maximum atomic E-state index is 6.20. The van der Waals surface area contributed by atoms with Crippen molar-refractivity contribution >= 4 is 0 Å². The van der Waals surface area contributed by atoms with E-state index in [1.165, 1.54) is 18.4 Å². The smallest absolute Gasteiger partial charge is 0.0646 e. The Morgan fingerprint density at radius 1 is 1.38 bits per heavy atom. The van der Waals surface area contributed by atoms with Gasteiger partial charge in [0, 0.05) is 17.9 Å². The molecule has 1 aromatic heterocycles. The molecule has 0 atom stereocenters. The average Bonchev–Trinajstić information content (AvgIpc) is 2.74. The quantitative estimate of drug-likeness (QED) is 0.771. The summed E-state index contributed by atoms with van der Waals surface area (Å²) in [7, 11) is 0. The fourth-order valence-electron chi connectivity index (χ4n) is 2.23. The zero-order chi connectivity index (χ0) is 11.3. The predicted molar refractivity (Wildman–Crippen MR) is 64.1 cm³/mol. The van der Waals surface area contributed by atoms with Gasteiger partial charge in [-0.25, -0.2) is 0 Å². The van der Waals surface area contributed by atoms with Crippen molar-refractivity contribution in [3.8, 4) is 0 Å². The molecule has 3 heteroatoms. The van der Waals surface area contributed by atoms with Crippen molar-refractivity contribution in [2.75, 3.05) is 13.2 Å². The van der Waals surface area contributed by atoms with Crippen molar-refractivity contribution in [2.24, 2.45) is 5.73 Å². The highest BCUT2D eigenvalue weighted by Crippen LogP contribution is 2.27. The van der Waals surface area contributed by atoms with E-state index >= 15 is 0 Å². The van der Waals surface area contributed by atoms with Crippen LogP contribution in [0.5, 0.6) is 0 Å². The lowest BCUT2D eigenvalue weighted by Gasteiger charge is -2.23. The molecule has 3 nitrogen and oxygen atoms in total. The van der Waals surface area contributed by atoms with E-state index in [2.05, 4.69) is 11.1 Å². The number of nitrogens with two attached hydrogens (primary N) is 1. The van der Waals surface area contributed by atoms with E-state index in [0.29, 0.717) is 6.61 Å². The van der Waals surface area contributed by atoms with E-state index in [9.17, 15) is 0 Å². The van der Waals surface area contributed by atoms with Gasteiger partial charge in [0.05, 0.1) is 13.2 Å². The average molecular weight is 220 g/mol. The maximum absolute atomic E-state index is 6.20. The maximum Gasteiger partial charge on any atom is 0.0646 e. The molecule has 0 spiro atoms. The third-order valence-corrected chi connectivity index (χ3v) is 3.25. The van der Waals surface area contributed by atoms with Crippen molar-refractivity contribution in [3.63, 3.8) is 0 Å². The largest absolute Gasteiger partial charge is 0.379 e. The van der Waals surface area contributed by atoms with Crippen LogP contribution in [-0.4, -0.2) is 23.7 Å². The van der Waals surface area contributed by atoms with Gasteiger partial charge in [0.2, 0.25) is 0 Å². The zero-order valence-corrected chi connectivity index (χ0v) is 9.69. The number of hydrogen-bond acceptors (Lipinski definition) is 3. The molecule has 0 amide bonds. The van der Waals surface area contributed by atoms with Gasteiger partial charge in [0.25, 0.3) is 0 Å². The van der Waals surface area contributed by atoms with Crippen molar-refractivity contribution in [3.05, 3.63) is 30.1 Å². The number of hydrogen-bond donors (Lipinski definition) is 1. The highest BCUT2D eigenvalue weighted by atomic mass is 16.5. The first kappa shape index (κ1) is 11.6. The van der Waals surface area contributed by atoms with Crippen LogP contribution in [-0.2, 0) is 11.2 Å². The molecular formula is C13H20N2O. The van der Waals surface area contributed by atoms with E-state index in [0.717, 1.165) is 25.9 Å². The Balaban J connectivity index is 1.65. The van der Waals surface area contributed by atoms with Gasteiger partial charge in [-0.2, -0.15) is 0 Å². The van der Waals surface area contributed by atoms with Gasteiger partial charge in [-0.3, -0.25) is 4.98 Å². The lowest BCUT2D eigenvalue weighted by atomic mass is 10.0. The highest BCUT2D eigenvalue weighted by molar-refractivity contribution is 5.08. The molecule has 1 fully saturated rings. The molecule has 88 valence electrons. The first-order valence-electron chi connectivity index (χ1n) is 6.04. The normalized spacial score (nSPS) is 18.8. The van der Waals surface area contributed by atoms with Gasteiger partial charge < -0.3 is 10.5 Å². The third kappa shape index (κ3) is 3.29. The van der Waals surface area contributed by atoms with Crippen LogP contribution in [0.2, 0.25) is 0 Å². The molecule has 1 saturated carbocycles. The summed E-state index contributed by atoms with van der Waals surface area (Å²) in [6.07, 6.45) is 9.32. The summed E-state index contributed by atoms with van der Waals surface area (Å²) >= 11 is 0. The Kier molecular flexibility index (Phi) is 3.91. The van der Waals surface area contributed by atoms with E-state index in [4.69, 9.17) is 10.5 Å². The third-order valence-electron chi connectivity index (χ3n) is 3.25. The summed E-state index contributed by atoms with van der Waals surface area (Å²) in [5, 5.41) is 0. The number of ether oxygens (including phenoxy) is 1. The molecule has 0 aromatic carbocycles. The highest BCUT2D eigenvalue weighted by Gasteiger charge is 2.29. The van der Waals surface area contributed by atoms with Gasteiger partial charge in [0.15, 0.2) is 0 Å². The molecule has 2 N–H and O–H groups in total. The lowest BCUT2D eigenvalue weighted by molar-refractivity contribution is 0.0890. The van der Waals surface area contributed by atoms with Crippen LogP contribution in [0.1, 0.15) is 31.2 Å². The predicted octanol–water partition coefficient (Wildman–Crippen LogP) is 1.91. The minimum Gasteiger partial charge on any atom is -0.379 e. The van der Waals surface area contributed by atoms with Gasteiger partial charge >= 0.3 is 0 Å². The van der Waals surface area contributed by atoms with Crippen molar-refractivity contribution in [1.82, 2.24) is 4.98 Å². The summed E-state index contributed by atoms with van der Waals surface area (Å²) < 4.78 is 5.67. The van der Waals surface area contributed by atoms with Crippen LogP contribution in [0.25, 0.3) is 0 Å². The minimum absolute atomic E-state index is 0.0467. The molecule has 1 aliphatic rings. The first-order valence-corrected chi connectivity index (χ1v) is 6.04. The van der Waals surface area contributed by atoms with Crippen LogP contribution in [0.15, 0.2) is 24.5 Å². The second kappa shape index (κ2) is 5.41. The van der Waals surface area contributed by atoms with E-state index in [-0.39, 0.29) is 5.54 Å². The molecular weight excluding hydrogens is 200 g/mol. The first-order chi connectivity index (χ1) is 7.79. The molecule has 0 bridgehead atoms. The lowest BCUT2D eigenvalue weighted by Crippen LogP contribution is -2.41. The summed E-state index contributed by atoms with van der Waals surface area (Å²) in [5.41, 5.74) is 7.38. The van der Waals surface area contributed by atoms with Crippen LogP contribution in [0.3, 0.4) is 0 Å². The molecule has 1 heterocycles. The molecule has 0 radical (unpaired) electrons. The van der Waals surface area contributed by atoms with Crippen LogP contribution >= 0.6 is 0 Å². The molecule has 16 heavy (non-hydrogen) atoms. The molecule has 1 aliphatic carbocycles. The number of rotatable bonds is 5. The van der Waals surface area contributed by atoms with Gasteiger partial charge in [0.1, 0.15) is 0 Å². The number of pyridine rings is 1. The molecule has 0 unspecified atom stereocenters. The SMILES string of the molecule is NC1(COCCc2cccnc2)CCCC1. The fraction of sp³-hybridized carbons (Fsp3) is 0.615. The number of nitrogens with zero attached hydrogens (tertiary/aromatic N) is 1. The Morgan fingerprint density at radius 3 is 2.88 bits per heavy atom. The Bertz CT molecular complexity index is 307. The van der Waals surface area contributed by atoms with E-state index < -0.39 is 0 Å². The van der Waals surface area contributed by atoms with Crippen LogP contribution in [0.4, 0.5) is 0 Å². The summed E-state index contributed by atoms with van der Waals surface area (Å²) in [5.74, 6) is 0. The minimum atomic E-state index is -0.0467. The standard InChI is InChI=1S/C13H20N2O/c14-13(6-1-2-7-13)11-16-9-5-12-4-3-8-15-10-12/h3-4,8,10H,1-2,5-7,9,11,14H2. The van der Waals surface area contributed by atoms with E-state index in [1.807, 2.05) is 12.3 Å². The van der Waals surface area contributed by atoms with Crippen molar-refractivity contribution in [1.29, 1.82) is 0 Å². The van der Waals surface area contributed by atoms with Gasteiger partial charge in [-0.1, -0.05) is 18.9 Å². The summed E-state index contributed by atoms with van der Waals surface area (Å²) in [6.45, 7) is 1.44. The van der Waals surface area contributed by atoms with Gasteiger partial charge in [-0.05, 0) is 30.9 Å². The molecule has 1 aromatic rings. The second-order valence-electron chi connectivity index (χ2n) is 4.73. The molecule has 0 saturated heterocycles. The van der Waals surface area contributed by atoms with Crippen molar-refractivity contribution < 1.29 is 4.74 Å². The second-order valence-corrected chi connectivity index (χ2v) is 4.73. The topological polar surface area (TPSA) is 48.1 Å². The van der Waals surface area contributed by atoms with Gasteiger partial charge in [-0.15, -0.1) is 0 Å². The van der Waals surface area contributed by atoms with E-state index in [1.54, 1.807) is 6.20 Å².